The molecule has 56 valence electrons. The Morgan fingerprint density at radius 3 is 3.00 bits per heavy atom. The van der Waals surface area contributed by atoms with Gasteiger partial charge in [-0.2, -0.15) is 0 Å². The van der Waals surface area contributed by atoms with Crippen LogP contribution in [0.15, 0.2) is 4.99 Å². The number of methoxy groups -OCH3 is 1. The number of hydrogen-bond acceptors (Lipinski definition) is 4. The molecule has 10 heavy (non-hydrogen) atoms. The number of hydrogen-bond donors (Lipinski definition) is 1. The van der Waals surface area contributed by atoms with Crippen LogP contribution < -0.4 is 5.73 Å². The Morgan fingerprint density at radius 1 is 1.90 bits per heavy atom. The summed E-state index contributed by atoms with van der Waals surface area (Å²) in [7, 11) is 1.35. The monoisotopic (exact) mass is 142 g/mol. The predicted octanol–water partition coefficient (Wildman–Crippen LogP) is -0.321. The first-order valence-corrected chi connectivity index (χ1v) is 3.14. The van der Waals surface area contributed by atoms with Gasteiger partial charge in [-0.3, -0.25) is 4.99 Å². The van der Waals surface area contributed by atoms with Gasteiger partial charge in [-0.25, -0.2) is 4.79 Å². The van der Waals surface area contributed by atoms with Crippen LogP contribution in [-0.2, 0) is 9.53 Å². The van der Waals surface area contributed by atoms with Gasteiger partial charge in [0.15, 0.2) is 0 Å². The van der Waals surface area contributed by atoms with E-state index in [-0.39, 0.29) is 12.0 Å². The molecular weight excluding hydrogens is 132 g/mol. The van der Waals surface area contributed by atoms with Crippen LogP contribution in [0.4, 0.5) is 0 Å². The van der Waals surface area contributed by atoms with Gasteiger partial charge < -0.3 is 10.5 Å². The van der Waals surface area contributed by atoms with Crippen molar-refractivity contribution in [2.24, 2.45) is 10.7 Å². The molecule has 0 bridgehead atoms. The normalized spacial score (nSPS) is 24.1. The average Bonchev–Trinajstić information content (AvgIpc) is 2.34. The Bertz CT molecular complexity index is 177. The van der Waals surface area contributed by atoms with Gasteiger partial charge in [-0.15, -0.1) is 0 Å². The predicted molar refractivity (Wildman–Crippen MR) is 36.7 cm³/mol. The van der Waals surface area contributed by atoms with Crippen molar-refractivity contribution in [2.45, 2.75) is 18.9 Å². The van der Waals surface area contributed by atoms with E-state index in [1.54, 1.807) is 0 Å². The fourth-order valence-corrected chi connectivity index (χ4v) is 0.920. The van der Waals surface area contributed by atoms with E-state index >= 15 is 0 Å². The highest BCUT2D eigenvalue weighted by molar-refractivity contribution is 5.88. The van der Waals surface area contributed by atoms with E-state index in [4.69, 9.17) is 5.73 Å². The quantitative estimate of drug-likeness (QED) is 0.510. The van der Waals surface area contributed by atoms with Crippen molar-refractivity contribution in [3.8, 4) is 0 Å². The van der Waals surface area contributed by atoms with Gasteiger partial charge in [0.05, 0.1) is 12.9 Å². The van der Waals surface area contributed by atoms with Crippen molar-refractivity contribution in [3.05, 3.63) is 0 Å². The number of nitrogens with two attached hydrogens (primary N) is 1. The molecule has 0 aromatic rings. The van der Waals surface area contributed by atoms with Crippen molar-refractivity contribution in [3.63, 3.8) is 0 Å². The first-order valence-electron chi connectivity index (χ1n) is 3.14. The maximum Gasteiger partial charge on any atom is 0.330 e. The molecule has 0 amide bonds. The lowest BCUT2D eigenvalue weighted by atomic mass is 10.2. The van der Waals surface area contributed by atoms with E-state index < -0.39 is 0 Å². The van der Waals surface area contributed by atoms with Crippen molar-refractivity contribution in [1.82, 2.24) is 0 Å². The molecular formula is C6H10N2O2. The standard InChI is InChI=1S/C6H10N2O2/c1-10-6(9)4-2-3-5(7)8-4/h4H,2-3H2,1H3,(H2,7,8). The molecule has 0 aromatic heterocycles. The molecule has 1 rings (SSSR count). The molecule has 0 saturated carbocycles. The lowest BCUT2D eigenvalue weighted by Gasteiger charge is -2.00. The van der Waals surface area contributed by atoms with Crippen LogP contribution in [0.5, 0.6) is 0 Å². The summed E-state index contributed by atoms with van der Waals surface area (Å²) >= 11 is 0. The molecule has 4 nitrogen and oxygen atoms in total. The SMILES string of the molecule is COC(=O)C1CCC(N)=N1. The molecule has 0 saturated heterocycles. The minimum atomic E-state index is -0.343. The molecule has 2 N–H and O–H groups in total. The average molecular weight is 142 g/mol. The zero-order valence-electron chi connectivity index (χ0n) is 5.83. The van der Waals surface area contributed by atoms with Gasteiger partial charge in [-0.05, 0) is 6.42 Å². The highest BCUT2D eigenvalue weighted by Crippen LogP contribution is 2.11. The minimum Gasteiger partial charge on any atom is -0.467 e. The second-order valence-electron chi connectivity index (χ2n) is 2.20. The molecule has 1 heterocycles. The Labute approximate surface area is 59.1 Å². The summed E-state index contributed by atoms with van der Waals surface area (Å²) in [6, 6.07) is -0.343. The van der Waals surface area contributed by atoms with E-state index in [0.29, 0.717) is 18.7 Å². The number of esters is 1. The van der Waals surface area contributed by atoms with E-state index in [1.165, 1.54) is 7.11 Å². The summed E-state index contributed by atoms with van der Waals surface area (Å²) in [4.78, 5) is 14.7. The van der Waals surface area contributed by atoms with Crippen LogP contribution in [0, 0.1) is 0 Å². The third-order valence-corrected chi connectivity index (χ3v) is 1.47. The van der Waals surface area contributed by atoms with Gasteiger partial charge in [0.2, 0.25) is 0 Å². The molecule has 1 unspecified atom stereocenters. The van der Waals surface area contributed by atoms with Crippen LogP contribution in [0.3, 0.4) is 0 Å². The summed E-state index contributed by atoms with van der Waals surface area (Å²) in [5, 5.41) is 0. The highest BCUT2D eigenvalue weighted by Gasteiger charge is 2.23. The van der Waals surface area contributed by atoms with Gasteiger partial charge >= 0.3 is 5.97 Å². The number of aliphatic imine (C=N–C) groups is 1. The Kier molecular flexibility index (Phi) is 1.89. The number of carbonyl (C=O) groups is 1. The van der Waals surface area contributed by atoms with E-state index in [1.807, 2.05) is 0 Å². The number of nitrogens with zero attached hydrogens (tertiary/aromatic N) is 1. The van der Waals surface area contributed by atoms with Crippen LogP contribution in [0.1, 0.15) is 12.8 Å². The number of amidine groups is 1. The Hall–Kier alpha value is -1.06. The van der Waals surface area contributed by atoms with Crippen molar-refractivity contribution in [1.29, 1.82) is 0 Å². The second kappa shape index (κ2) is 2.68. The van der Waals surface area contributed by atoms with Crippen molar-refractivity contribution >= 4 is 11.8 Å². The third kappa shape index (κ3) is 1.26. The first-order chi connectivity index (χ1) is 4.74. The van der Waals surface area contributed by atoms with Crippen molar-refractivity contribution in [2.75, 3.05) is 7.11 Å². The van der Waals surface area contributed by atoms with Gasteiger partial charge in [0.25, 0.3) is 0 Å². The number of ether oxygens (including phenoxy) is 1. The molecule has 0 aliphatic carbocycles. The van der Waals surface area contributed by atoms with E-state index in [0.717, 1.165) is 0 Å². The molecule has 4 heteroatoms. The Balaban J connectivity index is 2.52. The zero-order chi connectivity index (χ0) is 7.56. The van der Waals surface area contributed by atoms with Gasteiger partial charge in [0, 0.05) is 6.42 Å². The molecule has 1 atom stereocenters. The van der Waals surface area contributed by atoms with E-state index in [2.05, 4.69) is 9.73 Å². The van der Waals surface area contributed by atoms with E-state index in [9.17, 15) is 4.79 Å². The van der Waals surface area contributed by atoms with Crippen LogP contribution in [0.2, 0.25) is 0 Å². The fraction of sp³-hybridized carbons (Fsp3) is 0.667. The van der Waals surface area contributed by atoms with Crippen LogP contribution >= 0.6 is 0 Å². The maximum absolute atomic E-state index is 10.8. The van der Waals surface area contributed by atoms with Crippen molar-refractivity contribution < 1.29 is 9.53 Å². The highest BCUT2D eigenvalue weighted by atomic mass is 16.5. The first kappa shape index (κ1) is 7.05. The number of rotatable bonds is 1. The molecule has 1 aliphatic heterocycles. The van der Waals surface area contributed by atoms with Gasteiger partial charge in [0.1, 0.15) is 6.04 Å². The largest absolute Gasteiger partial charge is 0.467 e. The Morgan fingerprint density at radius 2 is 2.60 bits per heavy atom. The third-order valence-electron chi connectivity index (χ3n) is 1.47. The minimum absolute atomic E-state index is 0.291. The summed E-state index contributed by atoms with van der Waals surface area (Å²) in [6.07, 6.45) is 1.40. The molecule has 0 aromatic carbocycles. The van der Waals surface area contributed by atoms with Crippen LogP contribution in [-0.4, -0.2) is 25.0 Å². The number of carbonyl (C=O) groups excluding carboxylic acids is 1. The molecule has 0 spiro atoms. The lowest BCUT2D eigenvalue weighted by Crippen LogP contribution is -2.17. The van der Waals surface area contributed by atoms with Gasteiger partial charge in [-0.1, -0.05) is 0 Å². The molecule has 1 aliphatic rings. The zero-order valence-corrected chi connectivity index (χ0v) is 5.83. The lowest BCUT2D eigenvalue weighted by molar-refractivity contribution is -0.141. The van der Waals surface area contributed by atoms with Crippen LogP contribution in [0.25, 0.3) is 0 Å². The molecule has 0 radical (unpaired) electrons. The second-order valence-corrected chi connectivity index (χ2v) is 2.20. The summed E-state index contributed by atoms with van der Waals surface area (Å²) in [6.45, 7) is 0. The topological polar surface area (TPSA) is 64.7 Å². The maximum atomic E-state index is 10.8. The smallest absolute Gasteiger partial charge is 0.330 e. The molecule has 0 fully saturated rings. The fourth-order valence-electron chi connectivity index (χ4n) is 0.920. The summed E-state index contributed by atoms with van der Waals surface area (Å²) in [5.41, 5.74) is 5.36. The summed E-state index contributed by atoms with van der Waals surface area (Å²) < 4.78 is 4.48. The summed E-state index contributed by atoms with van der Waals surface area (Å²) in [5.74, 6) is 0.260.